The molecule has 30 heavy (non-hydrogen) atoms. The SMILES string of the molecule is CCn1c(CNC(=O)c2ccc(C)cc2)nnc1SCC(=O)Nc1ccc(I)cc1. The van der Waals surface area contributed by atoms with Crippen LogP contribution in [0.25, 0.3) is 0 Å². The van der Waals surface area contributed by atoms with Gasteiger partial charge in [-0.25, -0.2) is 0 Å². The molecule has 2 N–H and O–H groups in total. The predicted octanol–water partition coefficient (Wildman–Crippen LogP) is 3.87. The van der Waals surface area contributed by atoms with Crippen molar-refractivity contribution in [3.63, 3.8) is 0 Å². The minimum absolute atomic E-state index is 0.110. The Morgan fingerprint density at radius 3 is 2.43 bits per heavy atom. The second kappa shape index (κ2) is 10.6. The van der Waals surface area contributed by atoms with Gasteiger partial charge in [-0.2, -0.15) is 0 Å². The minimum Gasteiger partial charge on any atom is -0.345 e. The highest BCUT2D eigenvalue weighted by Crippen LogP contribution is 2.18. The molecule has 3 aromatic rings. The van der Waals surface area contributed by atoms with E-state index < -0.39 is 0 Å². The van der Waals surface area contributed by atoms with Crippen LogP contribution in [-0.4, -0.2) is 32.3 Å². The van der Waals surface area contributed by atoms with Gasteiger partial charge in [0.2, 0.25) is 5.91 Å². The van der Waals surface area contributed by atoms with E-state index in [4.69, 9.17) is 0 Å². The molecule has 9 heteroatoms. The van der Waals surface area contributed by atoms with Gasteiger partial charge in [0.25, 0.3) is 5.91 Å². The summed E-state index contributed by atoms with van der Waals surface area (Å²) in [5, 5.41) is 14.8. The third kappa shape index (κ3) is 6.05. The van der Waals surface area contributed by atoms with Crippen molar-refractivity contribution >= 4 is 51.9 Å². The average Bonchev–Trinajstić information content (AvgIpc) is 3.14. The fourth-order valence-electron chi connectivity index (χ4n) is 2.70. The number of halogens is 1. The van der Waals surface area contributed by atoms with Crippen molar-refractivity contribution in [1.82, 2.24) is 20.1 Å². The summed E-state index contributed by atoms with van der Waals surface area (Å²) in [4.78, 5) is 24.5. The van der Waals surface area contributed by atoms with E-state index >= 15 is 0 Å². The van der Waals surface area contributed by atoms with E-state index in [0.717, 1.165) is 14.8 Å². The van der Waals surface area contributed by atoms with Crippen molar-refractivity contribution in [3.8, 4) is 0 Å². The van der Waals surface area contributed by atoms with Crippen LogP contribution in [-0.2, 0) is 17.9 Å². The zero-order valence-corrected chi connectivity index (χ0v) is 19.7. The topological polar surface area (TPSA) is 88.9 Å². The number of aryl methyl sites for hydroxylation is 1. The second-order valence-electron chi connectivity index (χ2n) is 6.54. The molecule has 0 saturated carbocycles. The van der Waals surface area contributed by atoms with Crippen LogP contribution in [0.5, 0.6) is 0 Å². The number of anilines is 1. The highest BCUT2D eigenvalue weighted by atomic mass is 127. The maximum absolute atomic E-state index is 12.3. The highest BCUT2D eigenvalue weighted by Gasteiger charge is 2.14. The van der Waals surface area contributed by atoms with Crippen molar-refractivity contribution in [2.75, 3.05) is 11.1 Å². The van der Waals surface area contributed by atoms with E-state index in [1.54, 1.807) is 12.1 Å². The summed E-state index contributed by atoms with van der Waals surface area (Å²) < 4.78 is 3.01. The molecule has 3 rings (SSSR count). The number of thioether (sulfide) groups is 1. The fraction of sp³-hybridized carbons (Fsp3) is 0.238. The minimum atomic E-state index is -0.160. The summed E-state index contributed by atoms with van der Waals surface area (Å²) in [5.74, 6) is 0.603. The third-order valence-electron chi connectivity index (χ3n) is 4.29. The quantitative estimate of drug-likeness (QED) is 0.338. The number of benzene rings is 2. The normalized spacial score (nSPS) is 10.6. The molecule has 0 aliphatic rings. The molecule has 2 aromatic carbocycles. The molecule has 7 nitrogen and oxygen atoms in total. The van der Waals surface area contributed by atoms with Gasteiger partial charge < -0.3 is 15.2 Å². The van der Waals surface area contributed by atoms with E-state index in [0.29, 0.717) is 23.1 Å². The monoisotopic (exact) mass is 535 g/mol. The lowest BCUT2D eigenvalue weighted by molar-refractivity contribution is -0.113. The van der Waals surface area contributed by atoms with Gasteiger partial charge in [-0.15, -0.1) is 10.2 Å². The average molecular weight is 535 g/mol. The number of carbonyl (C=O) groups is 2. The Hall–Kier alpha value is -2.40. The van der Waals surface area contributed by atoms with Gasteiger partial charge in [-0.05, 0) is 72.8 Å². The van der Waals surface area contributed by atoms with Crippen molar-refractivity contribution in [1.29, 1.82) is 0 Å². The van der Waals surface area contributed by atoms with Gasteiger partial charge in [0.15, 0.2) is 11.0 Å². The number of aromatic nitrogens is 3. The van der Waals surface area contributed by atoms with E-state index in [1.165, 1.54) is 11.8 Å². The lowest BCUT2D eigenvalue weighted by atomic mass is 10.1. The molecule has 0 unspecified atom stereocenters. The lowest BCUT2D eigenvalue weighted by Crippen LogP contribution is -2.24. The molecule has 2 amide bonds. The Balaban J connectivity index is 1.55. The van der Waals surface area contributed by atoms with Gasteiger partial charge in [0, 0.05) is 21.4 Å². The maximum Gasteiger partial charge on any atom is 0.251 e. The van der Waals surface area contributed by atoms with Gasteiger partial charge in [0.1, 0.15) is 0 Å². The number of rotatable bonds is 8. The predicted molar refractivity (Wildman–Crippen MR) is 127 cm³/mol. The summed E-state index contributed by atoms with van der Waals surface area (Å²) in [5.41, 5.74) is 2.47. The zero-order chi connectivity index (χ0) is 21.5. The molecular formula is C21H22IN5O2S. The highest BCUT2D eigenvalue weighted by molar-refractivity contribution is 14.1. The molecule has 0 spiro atoms. The Bertz CT molecular complexity index is 1020. The summed E-state index contributed by atoms with van der Waals surface area (Å²) in [7, 11) is 0. The van der Waals surface area contributed by atoms with Crippen molar-refractivity contribution in [2.45, 2.75) is 32.1 Å². The first-order valence-corrected chi connectivity index (χ1v) is 11.5. The smallest absolute Gasteiger partial charge is 0.251 e. The molecule has 0 bridgehead atoms. The first-order valence-electron chi connectivity index (χ1n) is 9.41. The maximum atomic E-state index is 12.3. The van der Waals surface area contributed by atoms with E-state index in [2.05, 4.69) is 43.4 Å². The van der Waals surface area contributed by atoms with Crippen molar-refractivity contribution < 1.29 is 9.59 Å². The molecule has 1 aromatic heterocycles. The number of amides is 2. The van der Waals surface area contributed by atoms with Crippen LogP contribution in [0.1, 0.15) is 28.7 Å². The van der Waals surface area contributed by atoms with Crippen LogP contribution in [0.4, 0.5) is 5.69 Å². The molecule has 0 saturated heterocycles. The number of hydrogen-bond acceptors (Lipinski definition) is 5. The molecular weight excluding hydrogens is 513 g/mol. The zero-order valence-electron chi connectivity index (χ0n) is 16.7. The Morgan fingerprint density at radius 2 is 1.77 bits per heavy atom. The first kappa shape index (κ1) is 22.3. The number of nitrogens with one attached hydrogen (secondary N) is 2. The van der Waals surface area contributed by atoms with Gasteiger partial charge in [-0.3, -0.25) is 9.59 Å². The summed E-state index contributed by atoms with van der Waals surface area (Å²) in [6.45, 7) is 4.86. The Morgan fingerprint density at radius 1 is 1.07 bits per heavy atom. The number of hydrogen-bond donors (Lipinski definition) is 2. The molecule has 0 fully saturated rings. The van der Waals surface area contributed by atoms with Crippen LogP contribution >= 0.6 is 34.4 Å². The molecule has 1 heterocycles. The molecule has 0 aliphatic carbocycles. The lowest BCUT2D eigenvalue weighted by Gasteiger charge is -2.09. The standard InChI is InChI=1S/C21H22IN5O2S/c1-3-27-18(12-23-20(29)15-6-4-14(2)5-7-15)25-26-21(27)30-13-19(28)24-17-10-8-16(22)9-11-17/h4-11H,3,12-13H2,1-2H3,(H,23,29)(H,24,28). The second-order valence-corrected chi connectivity index (χ2v) is 8.72. The molecule has 0 radical (unpaired) electrons. The third-order valence-corrected chi connectivity index (χ3v) is 5.98. The largest absolute Gasteiger partial charge is 0.345 e. The molecule has 156 valence electrons. The fourth-order valence-corrected chi connectivity index (χ4v) is 3.88. The molecule has 0 atom stereocenters. The van der Waals surface area contributed by atoms with Crippen molar-refractivity contribution in [3.05, 3.63) is 69.1 Å². The molecule has 0 aliphatic heterocycles. The van der Waals surface area contributed by atoms with Crippen LogP contribution in [0.2, 0.25) is 0 Å². The Kier molecular flexibility index (Phi) is 7.86. The van der Waals surface area contributed by atoms with Crippen LogP contribution in [0, 0.1) is 10.5 Å². The number of nitrogens with zero attached hydrogens (tertiary/aromatic N) is 3. The van der Waals surface area contributed by atoms with E-state index in [-0.39, 0.29) is 24.1 Å². The number of carbonyl (C=O) groups excluding carboxylic acids is 2. The Labute approximate surface area is 193 Å². The van der Waals surface area contributed by atoms with Crippen molar-refractivity contribution in [2.24, 2.45) is 0 Å². The summed E-state index contributed by atoms with van der Waals surface area (Å²) >= 11 is 3.54. The van der Waals surface area contributed by atoms with Gasteiger partial charge >= 0.3 is 0 Å². The van der Waals surface area contributed by atoms with Gasteiger partial charge in [0.05, 0.1) is 12.3 Å². The first-order chi connectivity index (χ1) is 14.5. The van der Waals surface area contributed by atoms with Gasteiger partial charge in [-0.1, -0.05) is 29.5 Å². The van der Waals surface area contributed by atoms with Crippen LogP contribution in [0.15, 0.2) is 53.7 Å². The summed E-state index contributed by atoms with van der Waals surface area (Å²) in [6.07, 6.45) is 0. The van der Waals surface area contributed by atoms with E-state index in [9.17, 15) is 9.59 Å². The van der Waals surface area contributed by atoms with Crippen LogP contribution < -0.4 is 10.6 Å². The van der Waals surface area contributed by atoms with Crippen LogP contribution in [0.3, 0.4) is 0 Å². The summed E-state index contributed by atoms with van der Waals surface area (Å²) in [6, 6.07) is 15.0. The van der Waals surface area contributed by atoms with E-state index in [1.807, 2.05) is 54.8 Å².